The molecule has 1 atom stereocenters. The second-order valence-corrected chi connectivity index (χ2v) is 4.27. The highest BCUT2D eigenvalue weighted by molar-refractivity contribution is 6.16. The highest BCUT2D eigenvalue weighted by Crippen LogP contribution is 2.27. The minimum Gasteiger partial charge on any atom is -0.383 e. The van der Waals surface area contributed by atoms with Gasteiger partial charge < -0.3 is 14.0 Å². The summed E-state index contributed by atoms with van der Waals surface area (Å²) < 4.78 is 12.6. The average molecular weight is 262 g/mol. The van der Waals surface area contributed by atoms with Crippen molar-refractivity contribution in [2.45, 2.75) is 38.3 Å². The van der Waals surface area contributed by atoms with Gasteiger partial charge in [-0.1, -0.05) is 6.92 Å². The standard InChI is InChI=1S/C11H20ClN3O2/c1-5-11(2,17-4)10-14-13-9(8-12)15(10)6-7-16-3/h5-8H2,1-4H3. The van der Waals surface area contributed by atoms with Crippen molar-refractivity contribution in [3.8, 4) is 0 Å². The van der Waals surface area contributed by atoms with Crippen LogP contribution in [0.3, 0.4) is 0 Å². The molecular weight excluding hydrogens is 242 g/mol. The molecule has 0 radical (unpaired) electrons. The van der Waals surface area contributed by atoms with Gasteiger partial charge in [0, 0.05) is 20.8 Å². The van der Waals surface area contributed by atoms with Crippen LogP contribution in [0.15, 0.2) is 0 Å². The number of rotatable bonds is 7. The van der Waals surface area contributed by atoms with Gasteiger partial charge in [-0.15, -0.1) is 21.8 Å². The van der Waals surface area contributed by atoms with Gasteiger partial charge in [-0.3, -0.25) is 0 Å². The lowest BCUT2D eigenvalue weighted by atomic mass is 10.0. The van der Waals surface area contributed by atoms with Crippen molar-refractivity contribution in [3.63, 3.8) is 0 Å². The van der Waals surface area contributed by atoms with Crippen LogP contribution < -0.4 is 0 Å². The fourth-order valence-electron chi connectivity index (χ4n) is 1.64. The minimum atomic E-state index is -0.439. The summed E-state index contributed by atoms with van der Waals surface area (Å²) in [5.74, 6) is 1.88. The number of hydrogen-bond acceptors (Lipinski definition) is 4. The summed E-state index contributed by atoms with van der Waals surface area (Å²) >= 11 is 5.86. The van der Waals surface area contributed by atoms with Crippen molar-refractivity contribution in [1.82, 2.24) is 14.8 Å². The van der Waals surface area contributed by atoms with E-state index in [2.05, 4.69) is 17.1 Å². The van der Waals surface area contributed by atoms with Gasteiger partial charge in [-0.25, -0.2) is 0 Å². The summed E-state index contributed by atoms with van der Waals surface area (Å²) in [4.78, 5) is 0. The third kappa shape index (κ3) is 2.97. The second kappa shape index (κ2) is 6.33. The summed E-state index contributed by atoms with van der Waals surface area (Å²) in [6.07, 6.45) is 0.816. The van der Waals surface area contributed by atoms with Crippen molar-refractivity contribution < 1.29 is 9.47 Å². The number of methoxy groups -OCH3 is 2. The second-order valence-electron chi connectivity index (χ2n) is 4.01. The predicted octanol–water partition coefficient (Wildman–Crippen LogP) is 1.93. The van der Waals surface area contributed by atoms with Crippen LogP contribution in [0, 0.1) is 0 Å². The van der Waals surface area contributed by atoms with Crippen LogP contribution in [-0.4, -0.2) is 35.6 Å². The molecule has 0 fully saturated rings. The highest BCUT2D eigenvalue weighted by atomic mass is 35.5. The Labute approximate surface area is 107 Å². The summed E-state index contributed by atoms with van der Waals surface area (Å²) in [6, 6.07) is 0. The molecule has 0 aliphatic rings. The molecule has 1 unspecified atom stereocenters. The summed E-state index contributed by atoms with van der Waals surface area (Å²) in [7, 11) is 3.35. The maximum atomic E-state index is 5.86. The van der Waals surface area contributed by atoms with Crippen molar-refractivity contribution >= 4 is 11.6 Å². The Morgan fingerprint density at radius 2 is 2.06 bits per heavy atom. The molecule has 0 aromatic carbocycles. The Morgan fingerprint density at radius 3 is 2.53 bits per heavy atom. The molecule has 0 amide bonds. The van der Waals surface area contributed by atoms with Gasteiger partial charge >= 0.3 is 0 Å². The Kier molecular flexibility index (Phi) is 5.36. The van der Waals surface area contributed by atoms with Crippen LogP contribution in [-0.2, 0) is 27.5 Å². The summed E-state index contributed by atoms with van der Waals surface area (Å²) in [6.45, 7) is 5.33. The smallest absolute Gasteiger partial charge is 0.165 e. The molecule has 0 saturated heterocycles. The first-order chi connectivity index (χ1) is 8.12. The molecule has 0 bridgehead atoms. The van der Waals surface area contributed by atoms with E-state index < -0.39 is 5.60 Å². The quantitative estimate of drug-likeness (QED) is 0.704. The fourth-order valence-corrected chi connectivity index (χ4v) is 1.83. The number of hydrogen-bond donors (Lipinski definition) is 0. The SMILES string of the molecule is CCC(C)(OC)c1nnc(CCl)n1CCOC. The first-order valence-corrected chi connectivity index (χ1v) is 6.19. The molecule has 1 aromatic heterocycles. The zero-order valence-electron chi connectivity index (χ0n) is 10.9. The molecule has 1 heterocycles. The van der Waals surface area contributed by atoms with Crippen LogP contribution in [0.5, 0.6) is 0 Å². The maximum Gasteiger partial charge on any atom is 0.165 e. The van der Waals surface area contributed by atoms with Gasteiger partial charge in [0.15, 0.2) is 5.82 Å². The van der Waals surface area contributed by atoms with E-state index in [1.54, 1.807) is 14.2 Å². The van der Waals surface area contributed by atoms with E-state index in [0.717, 1.165) is 18.1 Å². The Balaban J connectivity index is 3.09. The Bertz CT molecular complexity index is 350. The monoisotopic (exact) mass is 261 g/mol. The zero-order chi connectivity index (χ0) is 12.9. The van der Waals surface area contributed by atoms with Gasteiger partial charge in [-0.05, 0) is 13.3 Å². The fraction of sp³-hybridized carbons (Fsp3) is 0.818. The molecule has 0 aliphatic carbocycles. The van der Waals surface area contributed by atoms with E-state index in [1.165, 1.54) is 0 Å². The lowest BCUT2D eigenvalue weighted by molar-refractivity contribution is -0.0129. The number of halogens is 1. The predicted molar refractivity (Wildman–Crippen MR) is 66.1 cm³/mol. The van der Waals surface area contributed by atoms with Crippen LogP contribution >= 0.6 is 11.6 Å². The van der Waals surface area contributed by atoms with Gasteiger partial charge in [-0.2, -0.15) is 0 Å². The molecule has 1 rings (SSSR count). The van der Waals surface area contributed by atoms with Crippen LogP contribution in [0.1, 0.15) is 31.9 Å². The van der Waals surface area contributed by atoms with Gasteiger partial charge in [0.1, 0.15) is 11.4 Å². The molecule has 0 saturated carbocycles. The number of alkyl halides is 1. The van der Waals surface area contributed by atoms with E-state index in [4.69, 9.17) is 21.1 Å². The molecular formula is C11H20ClN3O2. The van der Waals surface area contributed by atoms with E-state index in [1.807, 2.05) is 11.5 Å². The molecule has 98 valence electrons. The molecule has 0 N–H and O–H groups in total. The lowest BCUT2D eigenvalue weighted by Gasteiger charge is -2.26. The molecule has 5 nitrogen and oxygen atoms in total. The molecule has 0 aliphatic heterocycles. The first kappa shape index (κ1) is 14.4. The van der Waals surface area contributed by atoms with E-state index in [0.29, 0.717) is 19.0 Å². The van der Waals surface area contributed by atoms with Crippen molar-refractivity contribution in [3.05, 3.63) is 11.6 Å². The van der Waals surface area contributed by atoms with E-state index in [-0.39, 0.29) is 0 Å². The first-order valence-electron chi connectivity index (χ1n) is 5.65. The average Bonchev–Trinajstić information content (AvgIpc) is 2.78. The zero-order valence-corrected chi connectivity index (χ0v) is 11.6. The van der Waals surface area contributed by atoms with E-state index in [9.17, 15) is 0 Å². The number of ether oxygens (including phenoxy) is 2. The summed E-state index contributed by atoms with van der Waals surface area (Å²) in [5.41, 5.74) is -0.439. The van der Waals surface area contributed by atoms with Gasteiger partial charge in [0.2, 0.25) is 0 Å². The van der Waals surface area contributed by atoms with Gasteiger partial charge in [0.05, 0.1) is 12.5 Å². The van der Waals surface area contributed by atoms with Crippen molar-refractivity contribution in [2.75, 3.05) is 20.8 Å². The van der Waals surface area contributed by atoms with Gasteiger partial charge in [0.25, 0.3) is 0 Å². The Hall–Kier alpha value is -0.650. The molecule has 1 aromatic rings. The minimum absolute atomic E-state index is 0.334. The number of aromatic nitrogens is 3. The molecule has 17 heavy (non-hydrogen) atoms. The van der Waals surface area contributed by atoms with Crippen LogP contribution in [0.4, 0.5) is 0 Å². The van der Waals surface area contributed by atoms with Crippen molar-refractivity contribution in [1.29, 1.82) is 0 Å². The maximum absolute atomic E-state index is 5.86. The third-order valence-corrected chi connectivity index (χ3v) is 3.30. The molecule has 0 spiro atoms. The topological polar surface area (TPSA) is 49.2 Å². The normalized spacial score (nSPS) is 14.9. The van der Waals surface area contributed by atoms with E-state index >= 15 is 0 Å². The Morgan fingerprint density at radius 1 is 1.35 bits per heavy atom. The van der Waals surface area contributed by atoms with Crippen LogP contribution in [0.2, 0.25) is 0 Å². The van der Waals surface area contributed by atoms with Crippen molar-refractivity contribution in [2.24, 2.45) is 0 Å². The highest BCUT2D eigenvalue weighted by Gasteiger charge is 2.31. The largest absolute Gasteiger partial charge is 0.383 e. The summed E-state index contributed by atoms with van der Waals surface area (Å²) in [5, 5.41) is 8.30. The molecule has 6 heteroatoms. The number of nitrogens with zero attached hydrogens (tertiary/aromatic N) is 3. The third-order valence-electron chi connectivity index (χ3n) is 3.06. The van der Waals surface area contributed by atoms with Crippen LogP contribution in [0.25, 0.3) is 0 Å². The lowest BCUT2D eigenvalue weighted by Crippen LogP contribution is -2.29.